The number of halogens is 3. The van der Waals surface area contributed by atoms with Crippen LogP contribution in [0.4, 0.5) is 13.2 Å². The number of alkyl halides is 3. The van der Waals surface area contributed by atoms with Gasteiger partial charge in [0.2, 0.25) is 6.10 Å². The first-order valence-corrected chi connectivity index (χ1v) is 6.76. The Hall–Kier alpha value is -1.83. The molecule has 0 amide bonds. The van der Waals surface area contributed by atoms with Crippen molar-refractivity contribution in [2.75, 3.05) is 0 Å². The number of imidazole rings is 1. The molecule has 0 saturated heterocycles. The lowest BCUT2D eigenvalue weighted by molar-refractivity contribution is -0.209. The number of fused-ring (bicyclic) bond motifs is 3. The molecule has 0 radical (unpaired) electrons. The van der Waals surface area contributed by atoms with E-state index in [2.05, 4.69) is 10.1 Å². The van der Waals surface area contributed by atoms with Gasteiger partial charge in [-0.15, -0.1) is 0 Å². The zero-order chi connectivity index (χ0) is 14.8. The third kappa shape index (κ3) is 1.89. The molecule has 1 saturated carbocycles. The van der Waals surface area contributed by atoms with Gasteiger partial charge in [0, 0.05) is 18.0 Å². The predicted octanol–water partition coefficient (Wildman–Crippen LogP) is 2.57. The summed E-state index contributed by atoms with van der Waals surface area (Å²) in [6, 6.07) is 0. The summed E-state index contributed by atoms with van der Waals surface area (Å²) in [6.45, 7) is 0.339. The van der Waals surface area contributed by atoms with Crippen molar-refractivity contribution < 1.29 is 22.8 Å². The Morgan fingerprint density at radius 3 is 2.81 bits per heavy atom. The van der Waals surface area contributed by atoms with Gasteiger partial charge < -0.3 is 14.2 Å². The van der Waals surface area contributed by atoms with Crippen LogP contribution in [0.25, 0.3) is 11.4 Å². The van der Waals surface area contributed by atoms with E-state index in [4.69, 9.17) is 4.52 Å². The summed E-state index contributed by atoms with van der Waals surface area (Å²) < 4.78 is 44.7. The molecule has 0 aromatic carbocycles. The van der Waals surface area contributed by atoms with Crippen LogP contribution in [0.3, 0.4) is 0 Å². The molecule has 0 spiro atoms. The molecule has 3 heterocycles. The Morgan fingerprint density at radius 1 is 1.38 bits per heavy atom. The molecule has 1 aliphatic heterocycles. The second kappa shape index (κ2) is 4.09. The van der Waals surface area contributed by atoms with Gasteiger partial charge in [-0.05, 0) is 19.3 Å². The quantitative estimate of drug-likeness (QED) is 0.925. The summed E-state index contributed by atoms with van der Waals surface area (Å²) in [5, 5.41) is 13.4. The zero-order valence-corrected chi connectivity index (χ0v) is 10.9. The maximum atomic E-state index is 12.7. The number of hydrogen-bond donors (Lipinski definition) is 1. The van der Waals surface area contributed by atoms with Crippen molar-refractivity contribution in [3.05, 3.63) is 23.3 Å². The van der Waals surface area contributed by atoms with Gasteiger partial charge in [-0.1, -0.05) is 5.16 Å². The Bertz CT molecular complexity index is 700. The first-order valence-electron chi connectivity index (χ1n) is 6.76. The second-order valence-corrected chi connectivity index (χ2v) is 5.50. The van der Waals surface area contributed by atoms with Crippen LogP contribution < -0.4 is 0 Å². The molecule has 1 atom stereocenters. The lowest BCUT2D eigenvalue weighted by Gasteiger charge is -2.20. The maximum absolute atomic E-state index is 12.7. The fourth-order valence-corrected chi connectivity index (χ4v) is 2.83. The molecular formula is C13H12F3N3O2. The van der Waals surface area contributed by atoms with Crippen LogP contribution in [-0.4, -0.2) is 26.0 Å². The number of aliphatic hydroxyl groups is 1. The molecule has 1 N–H and O–H groups in total. The number of nitrogens with zero attached hydrogens (tertiary/aromatic N) is 3. The van der Waals surface area contributed by atoms with Crippen molar-refractivity contribution in [3.8, 4) is 11.4 Å². The number of aromatic nitrogens is 3. The van der Waals surface area contributed by atoms with E-state index >= 15 is 0 Å². The second-order valence-electron chi connectivity index (χ2n) is 5.50. The summed E-state index contributed by atoms with van der Waals surface area (Å²) in [4.78, 5) is 3.74. The average Bonchev–Trinajstić information content (AvgIpc) is 3.03. The van der Waals surface area contributed by atoms with E-state index in [1.807, 2.05) is 0 Å². The molecule has 5 nitrogen and oxygen atoms in total. The molecular weight excluding hydrogens is 287 g/mol. The number of rotatable bonds is 2. The summed E-state index contributed by atoms with van der Waals surface area (Å²) in [7, 11) is 0. The average molecular weight is 299 g/mol. The van der Waals surface area contributed by atoms with Gasteiger partial charge >= 0.3 is 6.18 Å². The van der Waals surface area contributed by atoms with E-state index in [-0.39, 0.29) is 5.82 Å². The molecule has 21 heavy (non-hydrogen) atoms. The lowest BCUT2D eigenvalue weighted by Crippen LogP contribution is -2.25. The smallest absolute Gasteiger partial charge is 0.377 e. The van der Waals surface area contributed by atoms with Crippen LogP contribution in [0.15, 0.2) is 10.7 Å². The molecule has 2 aromatic rings. The molecule has 1 aliphatic carbocycles. The minimum atomic E-state index is -4.73. The van der Waals surface area contributed by atoms with Crippen LogP contribution in [0.5, 0.6) is 0 Å². The van der Waals surface area contributed by atoms with Crippen molar-refractivity contribution in [2.45, 2.75) is 44.0 Å². The van der Waals surface area contributed by atoms with Crippen molar-refractivity contribution >= 4 is 0 Å². The normalized spacial score (nSPS) is 19.2. The van der Waals surface area contributed by atoms with E-state index in [9.17, 15) is 18.3 Å². The fraction of sp³-hybridized carbons (Fsp3) is 0.538. The van der Waals surface area contributed by atoms with E-state index in [1.165, 1.54) is 10.8 Å². The van der Waals surface area contributed by atoms with Crippen molar-refractivity contribution in [3.63, 3.8) is 0 Å². The highest BCUT2D eigenvalue weighted by atomic mass is 19.4. The molecule has 0 unspecified atom stereocenters. The van der Waals surface area contributed by atoms with Gasteiger partial charge in [0.25, 0.3) is 0 Å². The van der Waals surface area contributed by atoms with Crippen LogP contribution in [0.1, 0.15) is 42.0 Å². The fourth-order valence-electron chi connectivity index (χ4n) is 2.83. The summed E-state index contributed by atoms with van der Waals surface area (Å²) >= 11 is 0. The lowest BCUT2D eigenvalue weighted by atomic mass is 10.0. The van der Waals surface area contributed by atoms with Crippen molar-refractivity contribution in [1.29, 1.82) is 0 Å². The SMILES string of the molecule is O[C@@H](c1ncc2n1CCc1c-2noc1C1CC1)C(F)(F)F. The highest BCUT2D eigenvalue weighted by Crippen LogP contribution is 2.45. The van der Waals surface area contributed by atoms with Crippen LogP contribution >= 0.6 is 0 Å². The highest BCUT2D eigenvalue weighted by Gasteiger charge is 2.43. The van der Waals surface area contributed by atoms with E-state index < -0.39 is 12.3 Å². The summed E-state index contributed by atoms with van der Waals surface area (Å²) in [5.74, 6) is 0.866. The van der Waals surface area contributed by atoms with Gasteiger partial charge in [-0.25, -0.2) is 4.98 Å². The molecule has 8 heteroatoms. The third-order valence-electron chi connectivity index (χ3n) is 4.04. The monoisotopic (exact) mass is 299 g/mol. The van der Waals surface area contributed by atoms with Gasteiger partial charge in [0.15, 0.2) is 0 Å². The van der Waals surface area contributed by atoms with Crippen molar-refractivity contribution in [1.82, 2.24) is 14.7 Å². The van der Waals surface area contributed by atoms with Gasteiger partial charge in [0.05, 0.1) is 11.9 Å². The Balaban J connectivity index is 1.77. The number of hydrogen-bond acceptors (Lipinski definition) is 4. The van der Waals surface area contributed by atoms with E-state index in [0.29, 0.717) is 30.3 Å². The van der Waals surface area contributed by atoms with E-state index in [1.54, 1.807) is 0 Å². The van der Waals surface area contributed by atoms with Gasteiger partial charge in [-0.3, -0.25) is 0 Å². The highest BCUT2D eigenvalue weighted by molar-refractivity contribution is 5.62. The standard InChI is InChI=1S/C13H12F3N3O2/c14-13(15,16)11(20)12-17-5-8-9-7(3-4-19(8)12)10(21-18-9)6-1-2-6/h5-6,11,20H,1-4H2/t11-/m0/s1. The zero-order valence-electron chi connectivity index (χ0n) is 10.9. The van der Waals surface area contributed by atoms with Crippen LogP contribution in [0.2, 0.25) is 0 Å². The Morgan fingerprint density at radius 2 is 2.14 bits per heavy atom. The first-order chi connectivity index (χ1) is 9.97. The molecule has 1 fully saturated rings. The van der Waals surface area contributed by atoms with Crippen LogP contribution in [0, 0.1) is 0 Å². The topological polar surface area (TPSA) is 64.1 Å². The van der Waals surface area contributed by atoms with Gasteiger partial charge in [0.1, 0.15) is 17.3 Å². The molecule has 2 aromatic heterocycles. The Kier molecular flexibility index (Phi) is 2.51. The summed E-state index contributed by atoms with van der Waals surface area (Å²) in [5.41, 5.74) is 2.00. The molecule has 112 valence electrons. The van der Waals surface area contributed by atoms with Crippen LogP contribution in [-0.2, 0) is 13.0 Å². The predicted molar refractivity (Wildman–Crippen MR) is 64.4 cm³/mol. The first kappa shape index (κ1) is 12.9. The van der Waals surface area contributed by atoms with Crippen molar-refractivity contribution in [2.24, 2.45) is 0 Å². The molecule has 0 bridgehead atoms. The number of aliphatic hydroxyl groups excluding tert-OH is 1. The Labute approximate surface area is 117 Å². The largest absolute Gasteiger partial charge is 0.421 e. The minimum absolute atomic E-state index is 0.339. The maximum Gasteiger partial charge on any atom is 0.421 e. The van der Waals surface area contributed by atoms with E-state index in [0.717, 1.165) is 24.2 Å². The van der Waals surface area contributed by atoms with Gasteiger partial charge in [-0.2, -0.15) is 13.2 Å². The molecule has 4 rings (SSSR count). The molecule has 2 aliphatic rings. The summed E-state index contributed by atoms with van der Waals surface area (Å²) in [6.07, 6.45) is -3.31. The third-order valence-corrected chi connectivity index (χ3v) is 4.04. The minimum Gasteiger partial charge on any atom is -0.377 e.